The average Bonchev–Trinajstić information content (AvgIpc) is 3.28. The molecule has 4 aromatic carbocycles. The second-order valence-electron chi connectivity index (χ2n) is 16.3. The number of carbonyl (C=O) groups excluding carboxylic acids is 3. The van der Waals surface area contributed by atoms with Gasteiger partial charge in [-0.05, 0) is 91.6 Å². The van der Waals surface area contributed by atoms with Gasteiger partial charge in [-0.3, -0.25) is 9.59 Å². The van der Waals surface area contributed by atoms with Crippen LogP contribution in [0.1, 0.15) is 75.0 Å². The van der Waals surface area contributed by atoms with E-state index in [2.05, 4.69) is 32.2 Å². The zero-order valence-corrected chi connectivity index (χ0v) is 34.6. The molecule has 12 heteroatoms. The summed E-state index contributed by atoms with van der Waals surface area (Å²) >= 11 is 0. The number of amides is 2. The van der Waals surface area contributed by atoms with E-state index in [9.17, 15) is 19.5 Å². The summed E-state index contributed by atoms with van der Waals surface area (Å²) in [7, 11) is 0. The van der Waals surface area contributed by atoms with Crippen molar-refractivity contribution in [3.8, 4) is 17.2 Å². The highest BCUT2D eigenvalue weighted by molar-refractivity contribution is 6.00. The van der Waals surface area contributed by atoms with Crippen LogP contribution in [0.5, 0.6) is 17.2 Å². The summed E-state index contributed by atoms with van der Waals surface area (Å²) in [6, 6.07) is 18.8. The van der Waals surface area contributed by atoms with Crippen LogP contribution in [0.25, 0.3) is 11.6 Å². The molecule has 61 heavy (non-hydrogen) atoms. The zero-order chi connectivity index (χ0) is 41.7. The maximum atomic E-state index is 14.0. The first-order chi connectivity index (χ1) is 29.9. The van der Waals surface area contributed by atoms with Gasteiger partial charge in [0.1, 0.15) is 30.3 Å². The smallest absolute Gasteiger partial charge is 0.339 e. The summed E-state index contributed by atoms with van der Waals surface area (Å²) in [6.45, 7) is 5.67. The van der Waals surface area contributed by atoms with E-state index in [0.29, 0.717) is 31.9 Å². The number of nitrogens with one attached hydrogen (secondary N) is 2. The molecule has 0 fully saturated rings. The summed E-state index contributed by atoms with van der Waals surface area (Å²) in [4.78, 5) is 41.4. The molecule has 316 valence electrons. The molecular formula is C49H53N4O8+. The molecule has 5 aliphatic rings. The third-order valence-electron chi connectivity index (χ3n) is 12.2. The van der Waals surface area contributed by atoms with Crippen molar-refractivity contribution in [3.63, 3.8) is 0 Å². The fourth-order valence-electron chi connectivity index (χ4n) is 9.59. The highest BCUT2D eigenvalue weighted by atomic mass is 16.5. The van der Waals surface area contributed by atoms with E-state index >= 15 is 0 Å². The van der Waals surface area contributed by atoms with Crippen LogP contribution in [0.15, 0.2) is 66.7 Å². The van der Waals surface area contributed by atoms with Crippen LogP contribution in [0.3, 0.4) is 0 Å². The van der Waals surface area contributed by atoms with E-state index in [0.717, 1.165) is 117 Å². The molecule has 0 radical (unpaired) electrons. The van der Waals surface area contributed by atoms with Gasteiger partial charge in [0.2, 0.25) is 11.3 Å². The fraction of sp³-hybridized carbons (Fsp3) is 0.388. The van der Waals surface area contributed by atoms with E-state index in [1.807, 2.05) is 18.2 Å². The monoisotopic (exact) mass is 825 g/mol. The molecule has 0 saturated heterocycles. The predicted octanol–water partition coefficient (Wildman–Crippen LogP) is 3.96. The van der Waals surface area contributed by atoms with Crippen molar-refractivity contribution in [1.29, 1.82) is 0 Å². The van der Waals surface area contributed by atoms with E-state index in [-0.39, 0.29) is 24.8 Å². The van der Waals surface area contributed by atoms with E-state index < -0.39 is 18.5 Å². The molecule has 0 saturated carbocycles. The molecule has 9 rings (SSSR count). The van der Waals surface area contributed by atoms with Crippen molar-refractivity contribution in [2.24, 2.45) is 0 Å². The van der Waals surface area contributed by atoms with Crippen molar-refractivity contribution >= 4 is 35.1 Å². The Morgan fingerprint density at radius 2 is 1.49 bits per heavy atom. The molecule has 0 aliphatic carbocycles. The highest BCUT2D eigenvalue weighted by Gasteiger charge is 2.36. The molecule has 5 aliphatic heterocycles. The topological polar surface area (TPSA) is 139 Å². The number of fused-ring (bicyclic) bond motifs is 4. The molecule has 0 bridgehead atoms. The van der Waals surface area contributed by atoms with Gasteiger partial charge in [-0.15, -0.1) is 0 Å². The van der Waals surface area contributed by atoms with Crippen molar-refractivity contribution in [2.75, 3.05) is 77.2 Å². The number of phenolic OH excluding ortho intramolecular Hbond substituents is 1. The van der Waals surface area contributed by atoms with Crippen molar-refractivity contribution in [3.05, 3.63) is 122 Å². The minimum Gasteiger partial charge on any atom is -0.508 e. The molecule has 4 aromatic rings. The van der Waals surface area contributed by atoms with E-state index in [1.165, 1.54) is 39.4 Å². The lowest BCUT2D eigenvalue weighted by Gasteiger charge is -2.39. The summed E-state index contributed by atoms with van der Waals surface area (Å²) in [5.41, 5.74) is 10.6. The molecular weight excluding hydrogens is 773 g/mol. The Kier molecular flexibility index (Phi) is 12.1. The number of hydrogen-bond acceptors (Lipinski definition) is 9. The first kappa shape index (κ1) is 40.4. The number of carbonyl (C=O) groups is 3. The first-order valence-electron chi connectivity index (χ1n) is 21.8. The fourth-order valence-corrected chi connectivity index (χ4v) is 9.59. The van der Waals surface area contributed by atoms with Gasteiger partial charge in [-0.1, -0.05) is 30.3 Å². The predicted molar refractivity (Wildman–Crippen MR) is 232 cm³/mol. The Labute approximate surface area is 355 Å². The first-order valence-corrected chi connectivity index (χ1v) is 21.8. The van der Waals surface area contributed by atoms with Crippen molar-refractivity contribution in [1.82, 2.24) is 15.2 Å². The van der Waals surface area contributed by atoms with Crippen LogP contribution < -0.4 is 35.4 Å². The molecule has 0 unspecified atom stereocenters. The largest absolute Gasteiger partial charge is 0.508 e. The van der Waals surface area contributed by atoms with Gasteiger partial charge in [0.25, 0.3) is 5.91 Å². The number of aryl methyl sites for hydroxylation is 2. The Balaban J connectivity index is 0.834. The zero-order valence-electron chi connectivity index (χ0n) is 34.6. The average molecular weight is 826 g/mol. The normalized spacial score (nSPS) is 15.9. The number of hydrogen-bond donors (Lipinski definition) is 3. The van der Waals surface area contributed by atoms with Gasteiger partial charge in [0, 0.05) is 78.3 Å². The van der Waals surface area contributed by atoms with Gasteiger partial charge < -0.3 is 39.6 Å². The molecule has 12 nitrogen and oxygen atoms in total. The number of esters is 1. The maximum absolute atomic E-state index is 14.0. The molecule has 0 spiro atoms. The van der Waals surface area contributed by atoms with Gasteiger partial charge in [-0.2, -0.15) is 0 Å². The lowest BCUT2D eigenvalue weighted by Crippen LogP contribution is -2.45. The Hall–Kier alpha value is -5.98. The summed E-state index contributed by atoms with van der Waals surface area (Å²) in [6.07, 6.45) is 11.4. The molecule has 5 heterocycles. The second-order valence-corrected chi connectivity index (χ2v) is 16.3. The second kappa shape index (κ2) is 18.3. The van der Waals surface area contributed by atoms with Crippen LogP contribution >= 0.6 is 0 Å². The molecule has 3 N–H and O–H groups in total. The number of aromatic hydroxyl groups is 1. The Bertz CT molecular complexity index is 2510. The van der Waals surface area contributed by atoms with E-state index in [4.69, 9.17) is 18.9 Å². The molecule has 0 aromatic heterocycles. The van der Waals surface area contributed by atoms with Crippen LogP contribution in [0.4, 0.5) is 5.69 Å². The minimum atomic E-state index is -0.554. The summed E-state index contributed by atoms with van der Waals surface area (Å²) in [5, 5.41) is 17.3. The SMILES string of the molecule is O=C(/C=C/c1ccc(O)cc1)NCCOCCOCCNC(=O)COC(=O)c1ccccc1C1=c2cc3c4c(c2Oc2c1cc1c5c2CCCN5CCC1)CCC[N+]=4CCC3. The third kappa shape index (κ3) is 8.65. The van der Waals surface area contributed by atoms with Gasteiger partial charge in [0.15, 0.2) is 6.61 Å². The number of anilines is 1. The van der Waals surface area contributed by atoms with Crippen LogP contribution in [-0.2, 0) is 49.5 Å². The van der Waals surface area contributed by atoms with Gasteiger partial charge in [-0.25, -0.2) is 9.37 Å². The highest BCUT2D eigenvalue weighted by Crippen LogP contribution is 2.48. The minimum absolute atomic E-state index is 0.169. The van der Waals surface area contributed by atoms with Crippen LogP contribution in [0, 0.1) is 0 Å². The lowest BCUT2D eigenvalue weighted by atomic mass is 9.82. The number of ether oxygens (including phenoxy) is 4. The van der Waals surface area contributed by atoms with Crippen molar-refractivity contribution < 1.29 is 38.4 Å². The van der Waals surface area contributed by atoms with Crippen molar-refractivity contribution in [2.45, 2.75) is 51.4 Å². The van der Waals surface area contributed by atoms with Crippen LogP contribution in [-0.4, -0.2) is 95.2 Å². The Morgan fingerprint density at radius 1 is 0.770 bits per heavy atom. The number of phenols is 1. The summed E-state index contributed by atoms with van der Waals surface area (Å²) < 4.78 is 26.5. The number of nitrogens with zero attached hydrogens (tertiary/aromatic N) is 2. The quantitative estimate of drug-likeness (QED) is 0.0620. The van der Waals surface area contributed by atoms with E-state index in [1.54, 1.807) is 36.4 Å². The number of rotatable bonds is 15. The summed E-state index contributed by atoms with van der Waals surface area (Å²) in [5.74, 6) is 0.804. The molecule has 0 atom stereocenters. The standard InChI is InChI=1S/C49H52N4O8/c54-35-16-13-32(14-17-35)15-18-42(55)50-19-25-58-27-28-59-26-20-51-43(56)31-60-49(57)37-10-2-1-9-36(37)44-40-29-33-7-3-21-52-23-5-11-38(45(33)52)47(40)61-48-39-12-6-24-53-22-4-8-34(46(39)53)30-41(44)48/h1-2,9-10,13-18,29-30H,3-8,11-12,19-28,31H2,(H2-,50,51,54,55,56)/p+1. The Morgan fingerprint density at radius 3 is 2.31 bits per heavy atom. The van der Waals surface area contributed by atoms with Crippen LogP contribution in [0.2, 0.25) is 0 Å². The maximum Gasteiger partial charge on any atom is 0.339 e. The number of benzene rings is 4. The lowest BCUT2D eigenvalue weighted by molar-refractivity contribution is -0.124. The molecule has 2 amide bonds. The van der Waals surface area contributed by atoms with Gasteiger partial charge in [0.05, 0.1) is 37.6 Å². The third-order valence-corrected chi connectivity index (χ3v) is 12.2. The van der Waals surface area contributed by atoms with Gasteiger partial charge >= 0.3 is 5.97 Å².